The minimum atomic E-state index is -0.602. The molecule has 1 amide bonds. The average Bonchev–Trinajstić information content (AvgIpc) is 3.08. The Morgan fingerprint density at radius 3 is 2.64 bits per heavy atom. The Morgan fingerprint density at radius 1 is 1.28 bits per heavy atom. The van der Waals surface area contributed by atoms with Crippen LogP contribution in [0.25, 0.3) is 11.0 Å². The number of amides is 1. The predicted octanol–water partition coefficient (Wildman–Crippen LogP) is 2.58. The van der Waals surface area contributed by atoms with Crippen LogP contribution < -0.4 is 5.73 Å². The van der Waals surface area contributed by atoms with Crippen LogP contribution in [0.4, 0.5) is 0 Å². The van der Waals surface area contributed by atoms with E-state index in [-0.39, 0.29) is 11.3 Å². The number of carbonyl (C=O) groups is 2. The van der Waals surface area contributed by atoms with Gasteiger partial charge in [-0.3, -0.25) is 4.79 Å². The zero-order chi connectivity index (χ0) is 18.3. The van der Waals surface area contributed by atoms with Crippen molar-refractivity contribution in [2.75, 3.05) is 0 Å². The number of ether oxygens (including phenoxy) is 1. The second-order valence-electron chi connectivity index (χ2n) is 5.80. The molecule has 0 unspecified atom stereocenters. The third-order valence-electron chi connectivity index (χ3n) is 4.02. The molecule has 2 aromatic heterocycles. The number of halogens is 1. The van der Waals surface area contributed by atoms with Crippen LogP contribution in [0.15, 0.2) is 30.5 Å². The number of carbonyl (C=O) groups excluding carboxylic acids is 2. The highest BCUT2D eigenvalue weighted by molar-refractivity contribution is 6.31. The van der Waals surface area contributed by atoms with Gasteiger partial charge < -0.3 is 19.6 Å². The fourth-order valence-electron chi connectivity index (χ4n) is 2.73. The maximum Gasteiger partial charge on any atom is 0.355 e. The Bertz CT molecular complexity index is 989. The van der Waals surface area contributed by atoms with Gasteiger partial charge in [-0.2, -0.15) is 0 Å². The number of nitrogens with two attached hydrogens (primary N) is 1. The highest BCUT2D eigenvalue weighted by Gasteiger charge is 2.22. The summed E-state index contributed by atoms with van der Waals surface area (Å²) in [5.41, 5.74) is 7.33. The van der Waals surface area contributed by atoms with E-state index in [9.17, 15) is 9.59 Å². The normalized spacial score (nSPS) is 12.3. The lowest BCUT2D eigenvalue weighted by atomic mass is 10.3. The minimum absolute atomic E-state index is 0.238. The molecule has 2 heterocycles. The fraction of sp³-hybridized carbons (Fsp3) is 0.235. The van der Waals surface area contributed by atoms with Crippen molar-refractivity contribution in [2.45, 2.75) is 13.0 Å². The van der Waals surface area contributed by atoms with Crippen molar-refractivity contribution in [3.05, 3.63) is 52.6 Å². The molecule has 0 aliphatic heterocycles. The van der Waals surface area contributed by atoms with Gasteiger partial charge in [0.2, 0.25) is 5.91 Å². The zero-order valence-corrected chi connectivity index (χ0v) is 14.7. The van der Waals surface area contributed by atoms with Crippen LogP contribution in [-0.4, -0.2) is 26.0 Å². The summed E-state index contributed by atoms with van der Waals surface area (Å²) < 4.78 is 8.86. The van der Waals surface area contributed by atoms with E-state index in [0.717, 1.165) is 11.0 Å². The van der Waals surface area contributed by atoms with Crippen molar-refractivity contribution in [3.8, 4) is 0 Å². The number of rotatable bonds is 4. The predicted molar refractivity (Wildman–Crippen MR) is 93.5 cm³/mol. The van der Waals surface area contributed by atoms with Crippen molar-refractivity contribution in [3.63, 3.8) is 0 Å². The first-order valence-electron chi connectivity index (χ1n) is 7.57. The first kappa shape index (κ1) is 17.0. The first-order valence-corrected chi connectivity index (χ1v) is 7.94. The molecule has 130 valence electrons. The van der Waals surface area contributed by atoms with Gasteiger partial charge in [-0.25, -0.2) is 9.78 Å². The maximum atomic E-state index is 12.4. The molecule has 1 atom stereocenters. The van der Waals surface area contributed by atoms with Crippen LogP contribution in [0.5, 0.6) is 0 Å². The number of aryl methyl sites for hydroxylation is 2. The van der Waals surface area contributed by atoms with Gasteiger partial charge in [0.05, 0.1) is 16.6 Å². The molecule has 7 nitrogen and oxygen atoms in total. The summed E-state index contributed by atoms with van der Waals surface area (Å²) in [6.45, 7) is 1.73. The summed E-state index contributed by atoms with van der Waals surface area (Å²) in [5.74, 6) is -0.572. The van der Waals surface area contributed by atoms with E-state index in [1.54, 1.807) is 26.1 Å². The van der Waals surface area contributed by atoms with Gasteiger partial charge in [-0.05, 0) is 31.2 Å². The standard InChI is InChI=1S/C17H17ClN4O3/c1-9(16-20-12-7-11(18)4-5-13(12)22(16)3)25-17(24)14-6-10(15(19)23)8-21(14)2/h4-9H,1-3H3,(H2,19,23)/t9-/m1/s1. The van der Waals surface area contributed by atoms with Crippen LogP contribution in [-0.2, 0) is 18.8 Å². The van der Waals surface area contributed by atoms with Gasteiger partial charge in [0.25, 0.3) is 0 Å². The number of hydrogen-bond donors (Lipinski definition) is 1. The SMILES string of the molecule is C[C@@H](OC(=O)c1cc(C(N)=O)cn1C)c1nc2cc(Cl)ccc2n1C. The fourth-order valence-corrected chi connectivity index (χ4v) is 2.90. The monoisotopic (exact) mass is 360 g/mol. The number of nitrogens with zero attached hydrogens (tertiary/aromatic N) is 3. The Kier molecular flexibility index (Phi) is 4.26. The van der Waals surface area contributed by atoms with Crippen molar-refractivity contribution < 1.29 is 14.3 Å². The number of esters is 1. The van der Waals surface area contributed by atoms with Crippen molar-refractivity contribution in [1.82, 2.24) is 14.1 Å². The maximum absolute atomic E-state index is 12.4. The summed E-state index contributed by atoms with van der Waals surface area (Å²) in [6, 6.07) is 6.80. The molecule has 0 aliphatic carbocycles. The third-order valence-corrected chi connectivity index (χ3v) is 4.26. The second-order valence-corrected chi connectivity index (χ2v) is 6.24. The lowest BCUT2D eigenvalue weighted by Crippen LogP contribution is -2.15. The molecule has 0 spiro atoms. The molecular formula is C17H17ClN4O3. The van der Waals surface area contributed by atoms with Crippen LogP contribution in [0.2, 0.25) is 5.02 Å². The molecule has 0 radical (unpaired) electrons. The van der Waals surface area contributed by atoms with Gasteiger partial charge >= 0.3 is 5.97 Å². The van der Waals surface area contributed by atoms with Crippen LogP contribution in [0.1, 0.15) is 39.7 Å². The lowest BCUT2D eigenvalue weighted by molar-refractivity contribution is 0.0304. The van der Waals surface area contributed by atoms with Crippen LogP contribution >= 0.6 is 11.6 Å². The van der Waals surface area contributed by atoms with Crippen LogP contribution in [0, 0.1) is 0 Å². The smallest absolute Gasteiger partial charge is 0.355 e. The number of hydrogen-bond acceptors (Lipinski definition) is 4. The van der Waals surface area contributed by atoms with E-state index in [4.69, 9.17) is 22.1 Å². The number of aromatic nitrogens is 3. The summed E-state index contributed by atoms with van der Waals surface area (Å²) in [4.78, 5) is 28.1. The van der Waals surface area contributed by atoms with E-state index in [0.29, 0.717) is 10.8 Å². The van der Waals surface area contributed by atoms with Crippen molar-refractivity contribution >= 4 is 34.5 Å². The van der Waals surface area contributed by atoms with Gasteiger partial charge in [0.15, 0.2) is 11.9 Å². The molecule has 25 heavy (non-hydrogen) atoms. The van der Waals surface area contributed by atoms with E-state index in [1.807, 2.05) is 17.7 Å². The number of imidazole rings is 1. The molecule has 3 rings (SSSR count). The molecular weight excluding hydrogens is 344 g/mol. The Morgan fingerprint density at radius 2 is 2.00 bits per heavy atom. The first-order chi connectivity index (χ1) is 11.8. The molecule has 2 N–H and O–H groups in total. The summed E-state index contributed by atoms with van der Waals surface area (Å²) in [5, 5.41) is 0.588. The Balaban J connectivity index is 1.87. The molecule has 0 bridgehead atoms. The van der Waals surface area contributed by atoms with Crippen molar-refractivity contribution in [2.24, 2.45) is 19.8 Å². The highest BCUT2D eigenvalue weighted by Crippen LogP contribution is 2.25. The summed E-state index contributed by atoms with van der Waals surface area (Å²) in [7, 11) is 3.49. The second kappa shape index (κ2) is 6.25. The molecule has 0 saturated heterocycles. The lowest BCUT2D eigenvalue weighted by Gasteiger charge is -2.13. The Hall–Kier alpha value is -2.80. The van der Waals surface area contributed by atoms with E-state index >= 15 is 0 Å². The molecule has 0 aliphatic rings. The molecule has 3 aromatic rings. The van der Waals surface area contributed by atoms with Crippen molar-refractivity contribution in [1.29, 1.82) is 0 Å². The van der Waals surface area contributed by atoms with E-state index in [2.05, 4.69) is 4.98 Å². The van der Waals surface area contributed by atoms with E-state index in [1.165, 1.54) is 16.8 Å². The summed E-state index contributed by atoms with van der Waals surface area (Å²) in [6.07, 6.45) is 0.899. The molecule has 1 aromatic carbocycles. The molecule has 0 saturated carbocycles. The average molecular weight is 361 g/mol. The third kappa shape index (κ3) is 3.10. The largest absolute Gasteiger partial charge is 0.450 e. The van der Waals surface area contributed by atoms with E-state index < -0.39 is 18.0 Å². The van der Waals surface area contributed by atoms with Gasteiger partial charge in [-0.1, -0.05) is 11.6 Å². The number of fused-ring (bicyclic) bond motifs is 1. The highest BCUT2D eigenvalue weighted by atomic mass is 35.5. The van der Waals surface area contributed by atoms with Crippen LogP contribution in [0.3, 0.4) is 0 Å². The molecule has 8 heteroatoms. The van der Waals surface area contributed by atoms with Gasteiger partial charge in [0, 0.05) is 25.3 Å². The number of primary amides is 1. The zero-order valence-electron chi connectivity index (χ0n) is 14.0. The minimum Gasteiger partial charge on any atom is -0.450 e. The topological polar surface area (TPSA) is 92.1 Å². The number of benzene rings is 1. The van der Waals surface area contributed by atoms with Gasteiger partial charge in [0.1, 0.15) is 5.69 Å². The van der Waals surface area contributed by atoms with Gasteiger partial charge in [-0.15, -0.1) is 0 Å². The summed E-state index contributed by atoms with van der Waals surface area (Å²) >= 11 is 5.99. The molecule has 0 fully saturated rings. The quantitative estimate of drug-likeness (QED) is 0.724. The Labute approximate surface area is 148 Å².